The number of benzene rings is 1. The van der Waals surface area contributed by atoms with Crippen molar-refractivity contribution in [2.24, 2.45) is 7.05 Å². The van der Waals surface area contributed by atoms with Crippen molar-refractivity contribution < 1.29 is 14.1 Å². The van der Waals surface area contributed by atoms with Crippen LogP contribution in [0.2, 0.25) is 0 Å². The van der Waals surface area contributed by atoms with Crippen molar-refractivity contribution in [2.75, 3.05) is 5.32 Å². The molecular weight excluding hydrogens is 305 g/mol. The van der Waals surface area contributed by atoms with Crippen LogP contribution in [0, 0.1) is 0 Å². The first-order chi connectivity index (χ1) is 11.2. The van der Waals surface area contributed by atoms with Crippen LogP contribution < -0.4 is 10.8 Å². The van der Waals surface area contributed by atoms with Crippen LogP contribution >= 0.6 is 0 Å². The Hall–Kier alpha value is -2.12. The van der Waals surface area contributed by atoms with Crippen molar-refractivity contribution in [3.63, 3.8) is 0 Å². The maximum atomic E-state index is 12.1. The lowest BCUT2D eigenvalue weighted by atomic mass is 9.79. The van der Waals surface area contributed by atoms with E-state index in [4.69, 9.17) is 9.31 Å². The lowest BCUT2D eigenvalue weighted by Crippen LogP contribution is -2.41. The summed E-state index contributed by atoms with van der Waals surface area (Å²) in [6.07, 6.45) is 1.73. The average molecular weight is 327 g/mol. The first-order valence-electron chi connectivity index (χ1n) is 7.94. The summed E-state index contributed by atoms with van der Waals surface area (Å²) in [5, 5.41) is 6.91. The Labute approximate surface area is 142 Å². The third-order valence-corrected chi connectivity index (χ3v) is 4.64. The Bertz CT molecular complexity index is 737. The van der Waals surface area contributed by atoms with Gasteiger partial charge >= 0.3 is 7.12 Å². The van der Waals surface area contributed by atoms with Crippen LogP contribution in [-0.2, 0) is 16.4 Å². The summed E-state index contributed by atoms with van der Waals surface area (Å²) >= 11 is 0. The highest BCUT2D eigenvalue weighted by atomic mass is 16.7. The van der Waals surface area contributed by atoms with Crippen LogP contribution in [0.1, 0.15) is 38.2 Å². The normalized spacial score (nSPS) is 18.6. The summed E-state index contributed by atoms with van der Waals surface area (Å²) < 4.78 is 13.6. The molecule has 2 heterocycles. The Morgan fingerprint density at radius 3 is 2.17 bits per heavy atom. The number of carbonyl (C=O) groups excluding carboxylic acids is 1. The molecule has 1 amide bonds. The summed E-state index contributed by atoms with van der Waals surface area (Å²) in [6, 6.07) is 9.14. The van der Waals surface area contributed by atoms with Gasteiger partial charge in [-0.2, -0.15) is 5.10 Å². The van der Waals surface area contributed by atoms with Crippen LogP contribution in [0.4, 0.5) is 5.69 Å². The van der Waals surface area contributed by atoms with Gasteiger partial charge in [0.1, 0.15) is 0 Å². The number of hydrogen-bond donors (Lipinski definition) is 1. The smallest absolute Gasteiger partial charge is 0.399 e. The predicted octanol–water partition coefficient (Wildman–Crippen LogP) is 1.97. The third-order valence-electron chi connectivity index (χ3n) is 4.64. The molecule has 1 aliphatic rings. The molecule has 6 nitrogen and oxygen atoms in total. The van der Waals surface area contributed by atoms with E-state index in [-0.39, 0.29) is 17.1 Å². The number of hydrogen-bond acceptors (Lipinski definition) is 4. The molecule has 2 aromatic rings. The maximum absolute atomic E-state index is 12.1. The summed E-state index contributed by atoms with van der Waals surface area (Å²) in [5.41, 5.74) is 1.26. The molecule has 1 saturated heterocycles. The van der Waals surface area contributed by atoms with Gasteiger partial charge in [-0.3, -0.25) is 9.48 Å². The molecule has 0 radical (unpaired) electrons. The van der Waals surface area contributed by atoms with Crippen molar-refractivity contribution in [3.05, 3.63) is 42.2 Å². The van der Waals surface area contributed by atoms with Gasteiger partial charge in [0.25, 0.3) is 5.91 Å². The molecule has 0 aliphatic carbocycles. The fourth-order valence-corrected chi connectivity index (χ4v) is 2.43. The van der Waals surface area contributed by atoms with Gasteiger partial charge < -0.3 is 14.6 Å². The molecule has 1 aliphatic heterocycles. The summed E-state index contributed by atoms with van der Waals surface area (Å²) in [7, 11) is 1.37. The molecule has 0 bridgehead atoms. The Kier molecular flexibility index (Phi) is 4.01. The average Bonchev–Trinajstić information content (AvgIpc) is 3.01. The minimum atomic E-state index is -0.407. The van der Waals surface area contributed by atoms with Crippen molar-refractivity contribution >= 4 is 24.2 Å². The number of carbonyl (C=O) groups is 1. The molecule has 0 unspecified atom stereocenters. The zero-order valence-corrected chi connectivity index (χ0v) is 14.7. The first kappa shape index (κ1) is 16.7. The lowest BCUT2D eigenvalue weighted by molar-refractivity contribution is 0.00578. The van der Waals surface area contributed by atoms with Crippen molar-refractivity contribution in [1.29, 1.82) is 0 Å². The van der Waals surface area contributed by atoms with Gasteiger partial charge in [0.05, 0.1) is 11.2 Å². The molecule has 1 aromatic carbocycles. The topological polar surface area (TPSA) is 65.4 Å². The standard InChI is InChI=1S/C17H22BN3O3/c1-16(2)17(3,4)24-18(23-16)12-6-8-13(9-7-12)19-15(22)14-10-11-21(5)20-14/h6-11H,1-5H3,(H,19,22). The van der Waals surface area contributed by atoms with Gasteiger partial charge in [0.15, 0.2) is 5.69 Å². The van der Waals surface area contributed by atoms with Crippen LogP contribution in [0.25, 0.3) is 0 Å². The highest BCUT2D eigenvalue weighted by Gasteiger charge is 2.51. The zero-order valence-electron chi connectivity index (χ0n) is 14.7. The van der Waals surface area contributed by atoms with Crippen molar-refractivity contribution in [2.45, 2.75) is 38.9 Å². The van der Waals surface area contributed by atoms with Crippen LogP contribution in [0.15, 0.2) is 36.5 Å². The second-order valence-electron chi connectivity index (χ2n) is 7.04. The van der Waals surface area contributed by atoms with E-state index in [0.29, 0.717) is 11.4 Å². The van der Waals surface area contributed by atoms with Crippen molar-refractivity contribution in [1.82, 2.24) is 9.78 Å². The van der Waals surface area contributed by atoms with Gasteiger partial charge in [-0.15, -0.1) is 0 Å². The molecule has 24 heavy (non-hydrogen) atoms. The van der Waals surface area contributed by atoms with E-state index in [2.05, 4.69) is 10.4 Å². The Morgan fingerprint density at radius 1 is 1.08 bits per heavy atom. The molecule has 0 saturated carbocycles. The summed E-state index contributed by atoms with van der Waals surface area (Å²) in [6.45, 7) is 8.09. The second-order valence-corrected chi connectivity index (χ2v) is 7.04. The number of amides is 1. The predicted molar refractivity (Wildman–Crippen MR) is 93.3 cm³/mol. The summed E-state index contributed by atoms with van der Waals surface area (Å²) in [5.74, 6) is -0.237. The van der Waals surface area contributed by atoms with E-state index in [1.807, 2.05) is 52.0 Å². The molecule has 1 fully saturated rings. The minimum Gasteiger partial charge on any atom is -0.399 e. The lowest BCUT2D eigenvalue weighted by Gasteiger charge is -2.32. The van der Waals surface area contributed by atoms with Gasteiger partial charge in [0.2, 0.25) is 0 Å². The third kappa shape index (κ3) is 3.09. The largest absolute Gasteiger partial charge is 0.494 e. The first-order valence-corrected chi connectivity index (χ1v) is 7.94. The fourth-order valence-electron chi connectivity index (χ4n) is 2.43. The highest BCUT2D eigenvalue weighted by Crippen LogP contribution is 2.36. The molecule has 0 spiro atoms. The molecule has 126 valence electrons. The number of aryl methyl sites for hydroxylation is 1. The maximum Gasteiger partial charge on any atom is 0.494 e. The number of rotatable bonds is 3. The number of nitrogens with zero attached hydrogens (tertiary/aromatic N) is 2. The van der Waals surface area contributed by atoms with Crippen LogP contribution in [-0.4, -0.2) is 34.0 Å². The van der Waals surface area contributed by atoms with Gasteiger partial charge in [0, 0.05) is 18.9 Å². The van der Waals surface area contributed by atoms with Crippen LogP contribution in [0.5, 0.6) is 0 Å². The van der Waals surface area contributed by atoms with E-state index >= 15 is 0 Å². The quantitative estimate of drug-likeness (QED) is 0.876. The summed E-state index contributed by atoms with van der Waals surface area (Å²) in [4.78, 5) is 12.1. The van der Waals surface area contributed by atoms with E-state index in [0.717, 1.165) is 5.46 Å². The molecule has 1 aromatic heterocycles. The highest BCUT2D eigenvalue weighted by molar-refractivity contribution is 6.62. The molecule has 3 rings (SSSR count). The molecule has 1 N–H and O–H groups in total. The minimum absolute atomic E-state index is 0.237. The number of aromatic nitrogens is 2. The SMILES string of the molecule is Cn1ccc(C(=O)Nc2ccc(B3OC(C)(C)C(C)(C)O3)cc2)n1. The van der Waals surface area contributed by atoms with Crippen LogP contribution in [0.3, 0.4) is 0 Å². The van der Waals surface area contributed by atoms with Gasteiger partial charge in [-0.25, -0.2) is 0 Å². The second kappa shape index (κ2) is 5.75. The van der Waals surface area contributed by atoms with Gasteiger partial charge in [-0.05, 0) is 51.4 Å². The molecular formula is C17H22BN3O3. The van der Waals surface area contributed by atoms with E-state index < -0.39 is 7.12 Å². The monoisotopic (exact) mass is 327 g/mol. The van der Waals surface area contributed by atoms with E-state index in [1.54, 1.807) is 24.0 Å². The Morgan fingerprint density at radius 2 is 1.67 bits per heavy atom. The number of nitrogens with one attached hydrogen (secondary N) is 1. The Balaban J connectivity index is 1.69. The zero-order chi connectivity index (χ0) is 17.5. The van der Waals surface area contributed by atoms with Crippen molar-refractivity contribution in [3.8, 4) is 0 Å². The van der Waals surface area contributed by atoms with Gasteiger partial charge in [-0.1, -0.05) is 12.1 Å². The van der Waals surface area contributed by atoms with E-state index in [9.17, 15) is 4.79 Å². The number of anilines is 1. The van der Waals surface area contributed by atoms with E-state index in [1.165, 1.54) is 0 Å². The molecule has 7 heteroatoms. The molecule has 0 atom stereocenters. The fraction of sp³-hybridized carbons (Fsp3) is 0.412.